The van der Waals surface area contributed by atoms with Gasteiger partial charge < -0.3 is 10.0 Å². The van der Waals surface area contributed by atoms with E-state index in [1.54, 1.807) is 30.0 Å². The Morgan fingerprint density at radius 2 is 1.95 bits per heavy atom. The van der Waals surface area contributed by atoms with E-state index < -0.39 is 17.1 Å². The Hall–Kier alpha value is -1.95. The monoisotopic (exact) mass is 294 g/mol. The number of aryl methyl sites for hydroxylation is 1. The summed E-state index contributed by atoms with van der Waals surface area (Å²) in [4.78, 5) is 24.2. The van der Waals surface area contributed by atoms with Crippen LogP contribution in [0, 0.1) is 17.0 Å². The average molecular weight is 294 g/mol. The Labute approximate surface area is 124 Å². The predicted molar refractivity (Wildman–Crippen MR) is 79.8 cm³/mol. The highest BCUT2D eigenvalue weighted by atomic mass is 16.6. The smallest absolute Gasteiger partial charge is 0.253 e. The van der Waals surface area contributed by atoms with Gasteiger partial charge in [0, 0.05) is 30.5 Å². The molecule has 1 amide bonds. The third-order valence-electron chi connectivity index (χ3n) is 3.68. The van der Waals surface area contributed by atoms with Gasteiger partial charge in [0.2, 0.25) is 6.04 Å². The van der Waals surface area contributed by atoms with Gasteiger partial charge in [0.25, 0.3) is 5.91 Å². The fourth-order valence-electron chi connectivity index (χ4n) is 2.21. The SMILES string of the molecule is CCN(CC)C(=O)c1ccc([C@@H](O)[C@H](C)[N+](=O)[O-])c(C)c1. The molecule has 1 aromatic rings. The maximum atomic E-state index is 12.2. The molecule has 0 saturated carbocycles. The van der Waals surface area contributed by atoms with Crippen molar-refractivity contribution in [3.8, 4) is 0 Å². The van der Waals surface area contributed by atoms with Crippen LogP contribution >= 0.6 is 0 Å². The van der Waals surface area contributed by atoms with E-state index in [9.17, 15) is 20.0 Å². The van der Waals surface area contributed by atoms with Crippen LogP contribution in [0.15, 0.2) is 18.2 Å². The Balaban J connectivity index is 3.06. The molecule has 0 aromatic heterocycles. The van der Waals surface area contributed by atoms with Crippen molar-refractivity contribution >= 4 is 5.91 Å². The number of hydrogen-bond acceptors (Lipinski definition) is 4. The molecule has 0 fully saturated rings. The average Bonchev–Trinajstić information content (AvgIpc) is 2.46. The summed E-state index contributed by atoms with van der Waals surface area (Å²) < 4.78 is 0. The minimum Gasteiger partial charge on any atom is -0.381 e. The van der Waals surface area contributed by atoms with Gasteiger partial charge >= 0.3 is 0 Å². The van der Waals surface area contributed by atoms with Crippen LogP contribution in [0.1, 0.15) is 48.4 Å². The van der Waals surface area contributed by atoms with Gasteiger partial charge in [-0.2, -0.15) is 0 Å². The van der Waals surface area contributed by atoms with E-state index in [4.69, 9.17) is 0 Å². The Morgan fingerprint density at radius 3 is 2.38 bits per heavy atom. The number of nitrogens with zero attached hydrogens (tertiary/aromatic N) is 2. The molecule has 1 N–H and O–H groups in total. The standard InChI is InChI=1S/C15H22N2O4/c1-5-16(6-2)15(19)12-7-8-13(10(3)9-12)14(18)11(4)17(20)21/h7-9,11,14,18H,5-6H2,1-4H3/t11-,14-/m0/s1. The third-order valence-corrected chi connectivity index (χ3v) is 3.68. The second-order valence-corrected chi connectivity index (χ2v) is 5.02. The van der Waals surface area contributed by atoms with E-state index in [0.717, 1.165) is 0 Å². The summed E-state index contributed by atoms with van der Waals surface area (Å²) in [6.45, 7) is 8.16. The first-order valence-electron chi connectivity index (χ1n) is 7.04. The second kappa shape index (κ2) is 7.17. The van der Waals surface area contributed by atoms with Crippen LogP contribution in [0.4, 0.5) is 0 Å². The summed E-state index contributed by atoms with van der Waals surface area (Å²) in [5.41, 5.74) is 1.69. The van der Waals surface area contributed by atoms with Crippen molar-refractivity contribution in [3.05, 3.63) is 45.0 Å². The van der Waals surface area contributed by atoms with Crippen LogP contribution in [0.25, 0.3) is 0 Å². The van der Waals surface area contributed by atoms with Crippen LogP contribution in [0.3, 0.4) is 0 Å². The minimum atomic E-state index is -1.18. The summed E-state index contributed by atoms with van der Waals surface area (Å²) in [5, 5.41) is 20.8. The molecule has 6 heteroatoms. The molecule has 0 aliphatic rings. The van der Waals surface area contributed by atoms with E-state index in [0.29, 0.717) is 29.8 Å². The summed E-state index contributed by atoms with van der Waals surface area (Å²) in [7, 11) is 0. The van der Waals surface area contributed by atoms with Gasteiger partial charge in [0.05, 0.1) is 0 Å². The van der Waals surface area contributed by atoms with Gasteiger partial charge in [0.15, 0.2) is 0 Å². The lowest BCUT2D eigenvalue weighted by atomic mass is 9.96. The zero-order valence-corrected chi connectivity index (χ0v) is 12.9. The summed E-state index contributed by atoms with van der Waals surface area (Å²) in [6.07, 6.45) is -1.18. The topological polar surface area (TPSA) is 83.7 Å². The van der Waals surface area contributed by atoms with Crippen molar-refractivity contribution in [3.63, 3.8) is 0 Å². The molecule has 6 nitrogen and oxygen atoms in total. The highest BCUT2D eigenvalue weighted by Gasteiger charge is 2.27. The number of carbonyl (C=O) groups is 1. The number of rotatable bonds is 6. The Kier molecular flexibility index (Phi) is 5.84. The molecule has 0 aliphatic carbocycles. The van der Waals surface area contributed by atoms with Crippen LogP contribution in [-0.4, -0.2) is 40.0 Å². The van der Waals surface area contributed by atoms with Crippen molar-refractivity contribution in [2.45, 2.75) is 39.8 Å². The number of hydrogen-bond donors (Lipinski definition) is 1. The van der Waals surface area contributed by atoms with Gasteiger partial charge in [-0.05, 0) is 44.0 Å². The first kappa shape index (κ1) is 17.1. The van der Waals surface area contributed by atoms with Crippen molar-refractivity contribution in [1.29, 1.82) is 0 Å². The summed E-state index contributed by atoms with van der Waals surface area (Å²) in [5.74, 6) is -0.0773. The van der Waals surface area contributed by atoms with E-state index in [-0.39, 0.29) is 5.91 Å². The molecule has 0 radical (unpaired) electrons. The van der Waals surface area contributed by atoms with Gasteiger partial charge in [-0.3, -0.25) is 14.9 Å². The summed E-state index contributed by atoms with van der Waals surface area (Å²) >= 11 is 0. The highest BCUT2D eigenvalue weighted by Crippen LogP contribution is 2.23. The lowest BCUT2D eigenvalue weighted by Gasteiger charge is -2.20. The Morgan fingerprint density at radius 1 is 1.38 bits per heavy atom. The van der Waals surface area contributed by atoms with Crippen molar-refractivity contribution in [2.24, 2.45) is 0 Å². The largest absolute Gasteiger partial charge is 0.381 e. The van der Waals surface area contributed by atoms with Gasteiger partial charge in [-0.25, -0.2) is 0 Å². The van der Waals surface area contributed by atoms with Gasteiger partial charge in [0.1, 0.15) is 6.10 Å². The number of amides is 1. The molecule has 2 atom stereocenters. The third kappa shape index (κ3) is 3.78. The molecule has 0 unspecified atom stereocenters. The van der Waals surface area contributed by atoms with Gasteiger partial charge in [-0.15, -0.1) is 0 Å². The molecular formula is C15H22N2O4. The van der Waals surface area contributed by atoms with Crippen LogP contribution in [-0.2, 0) is 0 Å². The van der Waals surface area contributed by atoms with Gasteiger partial charge in [-0.1, -0.05) is 6.07 Å². The van der Waals surface area contributed by atoms with Crippen molar-refractivity contribution in [1.82, 2.24) is 4.90 Å². The summed E-state index contributed by atoms with van der Waals surface area (Å²) in [6, 6.07) is 3.79. The molecule has 116 valence electrons. The van der Waals surface area contributed by atoms with Crippen LogP contribution in [0.5, 0.6) is 0 Å². The normalized spacial score (nSPS) is 13.6. The molecule has 0 heterocycles. The van der Waals surface area contributed by atoms with Crippen LogP contribution < -0.4 is 0 Å². The number of nitro groups is 1. The zero-order chi connectivity index (χ0) is 16.2. The molecule has 0 spiro atoms. The number of carbonyl (C=O) groups excluding carboxylic acids is 1. The molecule has 0 aliphatic heterocycles. The number of benzene rings is 1. The first-order chi connectivity index (χ1) is 9.83. The fourth-order valence-corrected chi connectivity index (χ4v) is 2.21. The maximum Gasteiger partial charge on any atom is 0.253 e. The highest BCUT2D eigenvalue weighted by molar-refractivity contribution is 5.94. The predicted octanol–water partition coefficient (Wildman–Crippen LogP) is 2.18. The van der Waals surface area contributed by atoms with Crippen molar-refractivity contribution in [2.75, 3.05) is 13.1 Å². The Bertz CT molecular complexity index is 526. The van der Waals surface area contributed by atoms with E-state index in [2.05, 4.69) is 0 Å². The first-order valence-corrected chi connectivity index (χ1v) is 7.04. The lowest BCUT2D eigenvalue weighted by Crippen LogP contribution is -2.30. The number of aliphatic hydroxyl groups is 1. The zero-order valence-electron chi connectivity index (χ0n) is 12.9. The fraction of sp³-hybridized carbons (Fsp3) is 0.533. The van der Waals surface area contributed by atoms with E-state index in [1.807, 2.05) is 13.8 Å². The maximum absolute atomic E-state index is 12.2. The molecule has 1 rings (SSSR count). The minimum absolute atomic E-state index is 0.0773. The molecule has 0 bridgehead atoms. The van der Waals surface area contributed by atoms with Crippen LogP contribution in [0.2, 0.25) is 0 Å². The molecule has 1 aromatic carbocycles. The molecular weight excluding hydrogens is 272 g/mol. The quantitative estimate of drug-likeness (QED) is 0.644. The number of aliphatic hydroxyl groups excluding tert-OH is 1. The van der Waals surface area contributed by atoms with Crippen molar-refractivity contribution < 1.29 is 14.8 Å². The second-order valence-electron chi connectivity index (χ2n) is 5.02. The molecule has 21 heavy (non-hydrogen) atoms. The molecule has 0 saturated heterocycles. The van der Waals surface area contributed by atoms with E-state index in [1.165, 1.54) is 6.92 Å². The van der Waals surface area contributed by atoms with E-state index >= 15 is 0 Å². The lowest BCUT2D eigenvalue weighted by molar-refractivity contribution is -0.531.